The van der Waals surface area contributed by atoms with Gasteiger partial charge in [0.1, 0.15) is 18.1 Å². The number of hydrogen-bond acceptors (Lipinski definition) is 6. The molecule has 0 aromatic heterocycles. The van der Waals surface area contributed by atoms with Crippen LogP contribution in [0, 0.1) is 0 Å². The summed E-state index contributed by atoms with van der Waals surface area (Å²) in [4.78, 5) is 15.5. The lowest BCUT2D eigenvalue weighted by molar-refractivity contribution is 0.110. The first-order chi connectivity index (χ1) is 10.7. The van der Waals surface area contributed by atoms with Gasteiger partial charge in [0, 0.05) is 45.9 Å². The van der Waals surface area contributed by atoms with E-state index < -0.39 is 0 Å². The van der Waals surface area contributed by atoms with Gasteiger partial charge >= 0.3 is 0 Å². The third-order valence-electron chi connectivity index (χ3n) is 3.90. The average molecular weight is 308 g/mol. The van der Waals surface area contributed by atoms with Crippen molar-refractivity contribution in [1.82, 2.24) is 9.80 Å². The van der Waals surface area contributed by atoms with Crippen molar-refractivity contribution in [3.8, 4) is 11.5 Å². The molecule has 0 atom stereocenters. The molecule has 2 N–H and O–H groups in total. The van der Waals surface area contributed by atoms with Gasteiger partial charge in [-0.2, -0.15) is 0 Å². The van der Waals surface area contributed by atoms with Gasteiger partial charge in [0.05, 0.1) is 5.56 Å². The summed E-state index contributed by atoms with van der Waals surface area (Å²) in [6.45, 7) is 6.66. The van der Waals surface area contributed by atoms with Crippen molar-refractivity contribution in [1.29, 1.82) is 0 Å². The van der Waals surface area contributed by atoms with Gasteiger partial charge in [0.15, 0.2) is 6.29 Å². The van der Waals surface area contributed by atoms with E-state index in [9.17, 15) is 9.90 Å². The highest BCUT2D eigenvalue weighted by Crippen LogP contribution is 2.21. The Labute approximate surface area is 130 Å². The van der Waals surface area contributed by atoms with Gasteiger partial charge in [-0.3, -0.25) is 9.69 Å². The Morgan fingerprint density at radius 3 is 2.45 bits per heavy atom. The highest BCUT2D eigenvalue weighted by Gasteiger charge is 2.16. The normalized spacial score (nSPS) is 16.6. The first-order valence-corrected chi connectivity index (χ1v) is 7.69. The molecule has 0 spiro atoms. The van der Waals surface area contributed by atoms with Crippen LogP contribution in [0.4, 0.5) is 0 Å². The zero-order valence-corrected chi connectivity index (χ0v) is 12.8. The van der Waals surface area contributed by atoms with E-state index in [0.29, 0.717) is 18.6 Å². The van der Waals surface area contributed by atoms with Crippen molar-refractivity contribution in [3.63, 3.8) is 0 Å². The second-order valence-corrected chi connectivity index (χ2v) is 5.45. The second kappa shape index (κ2) is 8.73. The van der Waals surface area contributed by atoms with Crippen molar-refractivity contribution < 1.29 is 19.7 Å². The van der Waals surface area contributed by atoms with E-state index in [1.54, 1.807) is 12.1 Å². The molecule has 1 heterocycles. The van der Waals surface area contributed by atoms with Crippen LogP contribution >= 0.6 is 0 Å². The molecule has 0 bridgehead atoms. The van der Waals surface area contributed by atoms with Crippen LogP contribution in [-0.4, -0.2) is 78.8 Å². The van der Waals surface area contributed by atoms with E-state index >= 15 is 0 Å². The molecule has 1 saturated heterocycles. The molecule has 0 unspecified atom stereocenters. The molecule has 1 aromatic rings. The Morgan fingerprint density at radius 1 is 1.14 bits per heavy atom. The number of aldehydes is 1. The van der Waals surface area contributed by atoms with Crippen LogP contribution in [0.25, 0.3) is 0 Å². The summed E-state index contributed by atoms with van der Waals surface area (Å²) < 4.78 is 5.64. The fourth-order valence-corrected chi connectivity index (χ4v) is 2.54. The van der Waals surface area contributed by atoms with E-state index in [0.717, 1.165) is 45.7 Å². The molecular weight excluding hydrogens is 284 g/mol. The van der Waals surface area contributed by atoms with Crippen molar-refractivity contribution in [2.45, 2.75) is 6.42 Å². The number of rotatable bonds is 8. The molecule has 122 valence electrons. The van der Waals surface area contributed by atoms with Crippen LogP contribution < -0.4 is 4.74 Å². The maximum Gasteiger partial charge on any atom is 0.153 e. The van der Waals surface area contributed by atoms with E-state index in [1.165, 1.54) is 6.07 Å². The van der Waals surface area contributed by atoms with Crippen molar-refractivity contribution in [2.24, 2.45) is 0 Å². The summed E-state index contributed by atoms with van der Waals surface area (Å²) in [5.74, 6) is 0.572. The molecule has 0 aliphatic carbocycles. The molecule has 1 aliphatic rings. The first-order valence-electron chi connectivity index (χ1n) is 7.69. The predicted molar refractivity (Wildman–Crippen MR) is 83.6 cm³/mol. The van der Waals surface area contributed by atoms with Crippen molar-refractivity contribution >= 4 is 6.29 Å². The number of carbonyl (C=O) groups is 1. The third kappa shape index (κ3) is 4.98. The largest absolute Gasteiger partial charge is 0.507 e. The van der Waals surface area contributed by atoms with Crippen LogP contribution in [0.15, 0.2) is 18.2 Å². The molecule has 22 heavy (non-hydrogen) atoms. The molecule has 0 radical (unpaired) electrons. The van der Waals surface area contributed by atoms with Crippen molar-refractivity contribution in [2.75, 3.05) is 52.5 Å². The Hall–Kier alpha value is -1.63. The third-order valence-corrected chi connectivity index (χ3v) is 3.90. The molecule has 1 aliphatic heterocycles. The molecule has 1 fully saturated rings. The summed E-state index contributed by atoms with van der Waals surface area (Å²) in [5, 5.41) is 18.3. The number of phenols is 1. The Balaban J connectivity index is 1.68. The lowest BCUT2D eigenvalue weighted by Gasteiger charge is -2.34. The first kappa shape index (κ1) is 16.7. The van der Waals surface area contributed by atoms with Gasteiger partial charge in [-0.25, -0.2) is 0 Å². The van der Waals surface area contributed by atoms with Crippen LogP contribution in [0.3, 0.4) is 0 Å². The number of piperazine rings is 1. The van der Waals surface area contributed by atoms with Gasteiger partial charge in [0.25, 0.3) is 0 Å². The lowest BCUT2D eigenvalue weighted by atomic mass is 10.2. The zero-order valence-electron chi connectivity index (χ0n) is 12.8. The fraction of sp³-hybridized carbons (Fsp3) is 0.562. The number of hydrogen-bond donors (Lipinski definition) is 2. The van der Waals surface area contributed by atoms with Gasteiger partial charge in [-0.05, 0) is 24.6 Å². The molecule has 0 saturated carbocycles. The number of ether oxygens (including phenoxy) is 1. The molecule has 2 rings (SSSR count). The number of carbonyl (C=O) groups excluding carboxylic acids is 1. The maximum absolute atomic E-state index is 10.8. The Bertz CT molecular complexity index is 473. The number of aliphatic hydroxyl groups is 1. The minimum absolute atomic E-state index is 0.0265. The fourth-order valence-electron chi connectivity index (χ4n) is 2.54. The Morgan fingerprint density at radius 2 is 1.82 bits per heavy atom. The minimum Gasteiger partial charge on any atom is -0.507 e. The van der Waals surface area contributed by atoms with Crippen molar-refractivity contribution in [3.05, 3.63) is 23.8 Å². The second-order valence-electron chi connectivity index (χ2n) is 5.45. The SMILES string of the molecule is O=Cc1cc(OCCN2CCN(CCCO)CC2)ccc1O. The molecular formula is C16H24N2O4. The lowest BCUT2D eigenvalue weighted by Crippen LogP contribution is -2.47. The smallest absolute Gasteiger partial charge is 0.153 e. The van der Waals surface area contributed by atoms with E-state index in [1.807, 2.05) is 0 Å². The van der Waals surface area contributed by atoms with Crippen LogP contribution in [0.5, 0.6) is 11.5 Å². The molecule has 0 amide bonds. The highest BCUT2D eigenvalue weighted by molar-refractivity contribution is 5.79. The van der Waals surface area contributed by atoms with Crippen LogP contribution in [-0.2, 0) is 0 Å². The summed E-state index contributed by atoms with van der Waals surface area (Å²) >= 11 is 0. The quantitative estimate of drug-likeness (QED) is 0.685. The molecule has 6 nitrogen and oxygen atoms in total. The number of aliphatic hydroxyl groups excluding tert-OH is 1. The Kier molecular flexibility index (Phi) is 6.64. The molecule has 6 heteroatoms. The summed E-state index contributed by atoms with van der Waals surface area (Å²) in [7, 11) is 0. The number of aromatic hydroxyl groups is 1. The topological polar surface area (TPSA) is 73.2 Å². The summed E-state index contributed by atoms with van der Waals surface area (Å²) in [6, 6.07) is 4.68. The highest BCUT2D eigenvalue weighted by atomic mass is 16.5. The van der Waals surface area contributed by atoms with E-state index in [-0.39, 0.29) is 17.9 Å². The maximum atomic E-state index is 10.8. The minimum atomic E-state index is -0.0265. The van der Waals surface area contributed by atoms with E-state index in [2.05, 4.69) is 9.80 Å². The zero-order chi connectivity index (χ0) is 15.8. The summed E-state index contributed by atoms with van der Waals surface area (Å²) in [6.07, 6.45) is 1.46. The number of nitrogens with zero attached hydrogens (tertiary/aromatic N) is 2. The summed E-state index contributed by atoms with van der Waals surface area (Å²) in [5.41, 5.74) is 0.245. The van der Waals surface area contributed by atoms with Gasteiger partial charge in [0.2, 0.25) is 0 Å². The van der Waals surface area contributed by atoms with Gasteiger partial charge < -0.3 is 19.8 Å². The van der Waals surface area contributed by atoms with Crippen LogP contribution in [0.2, 0.25) is 0 Å². The molecule has 1 aromatic carbocycles. The standard InChI is InChI=1S/C16H24N2O4/c19-10-1-4-17-5-7-18(8-6-17)9-11-22-15-2-3-16(21)14(12-15)13-20/h2-3,12-13,19,21H,1,4-11H2. The van der Waals surface area contributed by atoms with Gasteiger partial charge in [-0.1, -0.05) is 0 Å². The van der Waals surface area contributed by atoms with E-state index in [4.69, 9.17) is 9.84 Å². The number of benzene rings is 1. The number of phenolic OH excluding ortho intramolecular Hbond substituents is 1. The predicted octanol–water partition coefficient (Wildman–Crippen LogP) is 0.583. The monoisotopic (exact) mass is 308 g/mol. The van der Waals surface area contributed by atoms with Crippen LogP contribution in [0.1, 0.15) is 16.8 Å². The average Bonchev–Trinajstić information content (AvgIpc) is 2.55. The van der Waals surface area contributed by atoms with Gasteiger partial charge in [-0.15, -0.1) is 0 Å².